The van der Waals surface area contributed by atoms with Crippen LogP contribution >= 0.6 is 31.9 Å². The lowest BCUT2D eigenvalue weighted by Gasteiger charge is -2.13. The van der Waals surface area contributed by atoms with Crippen molar-refractivity contribution >= 4 is 31.9 Å². The number of halogens is 2. The zero-order valence-electron chi connectivity index (χ0n) is 11.0. The summed E-state index contributed by atoms with van der Waals surface area (Å²) in [6.07, 6.45) is 0.766. The van der Waals surface area contributed by atoms with E-state index >= 15 is 0 Å². The van der Waals surface area contributed by atoms with Crippen molar-refractivity contribution in [3.63, 3.8) is 0 Å². The van der Waals surface area contributed by atoms with Crippen molar-refractivity contribution in [2.45, 2.75) is 6.42 Å². The summed E-state index contributed by atoms with van der Waals surface area (Å²) < 4.78 is 13.0. The maximum atomic E-state index is 5.97. The quantitative estimate of drug-likeness (QED) is 0.802. The van der Waals surface area contributed by atoms with Gasteiger partial charge in [0.1, 0.15) is 17.2 Å². The molecule has 0 spiro atoms. The third kappa shape index (κ3) is 3.75. The van der Waals surface area contributed by atoms with Crippen LogP contribution in [0, 0.1) is 0 Å². The van der Waals surface area contributed by atoms with Crippen LogP contribution in [0.5, 0.6) is 17.2 Å². The Balaban J connectivity index is 2.29. The SMILES string of the molecule is COc1ccc(Oc2ccc(Br)cc2CCN)c(Br)c1. The Bertz CT molecular complexity index is 602. The summed E-state index contributed by atoms with van der Waals surface area (Å²) >= 11 is 6.95. The fourth-order valence-electron chi connectivity index (χ4n) is 1.81. The van der Waals surface area contributed by atoms with E-state index in [0.717, 1.165) is 38.2 Å². The van der Waals surface area contributed by atoms with E-state index in [9.17, 15) is 0 Å². The lowest BCUT2D eigenvalue weighted by Crippen LogP contribution is -2.04. The molecule has 2 rings (SSSR count). The number of nitrogens with two attached hydrogens (primary N) is 1. The van der Waals surface area contributed by atoms with Crippen molar-refractivity contribution in [1.29, 1.82) is 0 Å². The van der Waals surface area contributed by atoms with Crippen LogP contribution in [0.4, 0.5) is 0 Å². The van der Waals surface area contributed by atoms with Gasteiger partial charge in [0.15, 0.2) is 0 Å². The Morgan fingerprint density at radius 1 is 1.05 bits per heavy atom. The normalized spacial score (nSPS) is 10.4. The van der Waals surface area contributed by atoms with Gasteiger partial charge in [0.25, 0.3) is 0 Å². The van der Waals surface area contributed by atoms with Crippen molar-refractivity contribution < 1.29 is 9.47 Å². The van der Waals surface area contributed by atoms with Crippen molar-refractivity contribution in [2.24, 2.45) is 5.73 Å². The molecule has 0 saturated heterocycles. The lowest BCUT2D eigenvalue weighted by molar-refractivity contribution is 0.412. The van der Waals surface area contributed by atoms with Gasteiger partial charge in [-0.2, -0.15) is 0 Å². The molecule has 0 heterocycles. The first kappa shape index (κ1) is 15.4. The Labute approximate surface area is 135 Å². The van der Waals surface area contributed by atoms with E-state index in [0.29, 0.717) is 6.54 Å². The van der Waals surface area contributed by atoms with Gasteiger partial charge in [0.2, 0.25) is 0 Å². The molecule has 0 atom stereocenters. The molecule has 0 aliphatic rings. The Morgan fingerprint density at radius 3 is 2.45 bits per heavy atom. The van der Waals surface area contributed by atoms with E-state index in [1.807, 2.05) is 36.4 Å². The number of hydrogen-bond donors (Lipinski definition) is 1. The molecule has 20 heavy (non-hydrogen) atoms. The fourth-order valence-corrected chi connectivity index (χ4v) is 2.66. The maximum absolute atomic E-state index is 5.97. The van der Waals surface area contributed by atoms with E-state index < -0.39 is 0 Å². The topological polar surface area (TPSA) is 44.5 Å². The van der Waals surface area contributed by atoms with Crippen LogP contribution in [0.15, 0.2) is 45.3 Å². The van der Waals surface area contributed by atoms with Gasteiger partial charge in [-0.25, -0.2) is 0 Å². The molecule has 5 heteroatoms. The molecule has 0 aromatic heterocycles. The van der Waals surface area contributed by atoms with Crippen molar-refractivity contribution in [1.82, 2.24) is 0 Å². The molecule has 0 unspecified atom stereocenters. The Kier molecular flexibility index (Phi) is 5.46. The second-order valence-electron chi connectivity index (χ2n) is 4.19. The average Bonchev–Trinajstić information content (AvgIpc) is 2.44. The second kappa shape index (κ2) is 7.11. The van der Waals surface area contributed by atoms with Crippen LogP contribution in [-0.2, 0) is 6.42 Å². The van der Waals surface area contributed by atoms with Crippen LogP contribution in [0.2, 0.25) is 0 Å². The van der Waals surface area contributed by atoms with Crippen LogP contribution in [-0.4, -0.2) is 13.7 Å². The van der Waals surface area contributed by atoms with E-state index in [1.54, 1.807) is 7.11 Å². The molecule has 0 fully saturated rings. The van der Waals surface area contributed by atoms with E-state index in [1.165, 1.54) is 0 Å². The summed E-state index contributed by atoms with van der Waals surface area (Å²) in [7, 11) is 1.64. The summed E-state index contributed by atoms with van der Waals surface area (Å²) in [6.45, 7) is 0.580. The molecule has 106 valence electrons. The van der Waals surface area contributed by atoms with Crippen LogP contribution in [0.25, 0.3) is 0 Å². The summed E-state index contributed by atoms with van der Waals surface area (Å²) in [5.41, 5.74) is 6.72. The van der Waals surface area contributed by atoms with Gasteiger partial charge in [-0.15, -0.1) is 0 Å². The molecule has 2 aromatic carbocycles. The van der Waals surface area contributed by atoms with Crippen LogP contribution in [0.1, 0.15) is 5.56 Å². The fraction of sp³-hybridized carbons (Fsp3) is 0.200. The summed E-state index contributed by atoms with van der Waals surface area (Å²) in [5, 5.41) is 0. The van der Waals surface area contributed by atoms with E-state index in [2.05, 4.69) is 31.9 Å². The zero-order chi connectivity index (χ0) is 14.5. The number of methoxy groups -OCH3 is 1. The van der Waals surface area contributed by atoms with Gasteiger partial charge < -0.3 is 15.2 Å². The maximum Gasteiger partial charge on any atom is 0.141 e. The second-order valence-corrected chi connectivity index (χ2v) is 5.96. The molecule has 0 saturated carbocycles. The predicted molar refractivity (Wildman–Crippen MR) is 87.7 cm³/mol. The van der Waals surface area contributed by atoms with Crippen molar-refractivity contribution in [3.8, 4) is 17.2 Å². The minimum atomic E-state index is 0.580. The van der Waals surface area contributed by atoms with Gasteiger partial charge in [0, 0.05) is 4.47 Å². The van der Waals surface area contributed by atoms with E-state index in [4.69, 9.17) is 15.2 Å². The van der Waals surface area contributed by atoms with Gasteiger partial charge in [-0.3, -0.25) is 0 Å². The molecular formula is C15H15Br2NO2. The summed E-state index contributed by atoms with van der Waals surface area (Å²) in [6, 6.07) is 11.5. The number of benzene rings is 2. The predicted octanol–water partition coefficient (Wildman–Crippen LogP) is 4.51. The largest absolute Gasteiger partial charge is 0.497 e. The molecule has 0 radical (unpaired) electrons. The first-order chi connectivity index (χ1) is 9.63. The van der Waals surface area contributed by atoms with E-state index in [-0.39, 0.29) is 0 Å². The molecule has 2 aromatic rings. The Hall–Kier alpha value is -1.04. The van der Waals surface area contributed by atoms with Crippen LogP contribution in [0.3, 0.4) is 0 Å². The highest BCUT2D eigenvalue weighted by Crippen LogP contribution is 2.35. The van der Waals surface area contributed by atoms with Gasteiger partial charge in [-0.05, 0) is 70.9 Å². The standard InChI is InChI=1S/C15H15Br2NO2/c1-19-12-3-5-15(13(17)9-12)20-14-4-2-11(16)8-10(14)6-7-18/h2-5,8-9H,6-7,18H2,1H3. The van der Waals surface area contributed by atoms with Gasteiger partial charge in [0.05, 0.1) is 11.6 Å². The molecule has 0 amide bonds. The first-order valence-electron chi connectivity index (χ1n) is 6.14. The summed E-state index contributed by atoms with van der Waals surface area (Å²) in [5.74, 6) is 2.33. The minimum Gasteiger partial charge on any atom is -0.497 e. The number of ether oxygens (including phenoxy) is 2. The van der Waals surface area contributed by atoms with Crippen LogP contribution < -0.4 is 15.2 Å². The molecule has 3 nitrogen and oxygen atoms in total. The number of rotatable bonds is 5. The smallest absolute Gasteiger partial charge is 0.141 e. The zero-order valence-corrected chi connectivity index (χ0v) is 14.2. The third-order valence-electron chi connectivity index (χ3n) is 2.80. The average molecular weight is 401 g/mol. The highest BCUT2D eigenvalue weighted by atomic mass is 79.9. The lowest BCUT2D eigenvalue weighted by atomic mass is 10.1. The monoisotopic (exact) mass is 399 g/mol. The molecular weight excluding hydrogens is 386 g/mol. The molecule has 0 aliphatic carbocycles. The van der Waals surface area contributed by atoms with Gasteiger partial charge >= 0.3 is 0 Å². The van der Waals surface area contributed by atoms with Crippen molar-refractivity contribution in [2.75, 3.05) is 13.7 Å². The minimum absolute atomic E-state index is 0.580. The molecule has 0 bridgehead atoms. The van der Waals surface area contributed by atoms with Crippen molar-refractivity contribution in [3.05, 3.63) is 50.9 Å². The number of hydrogen-bond acceptors (Lipinski definition) is 3. The Morgan fingerprint density at radius 2 is 1.80 bits per heavy atom. The third-order valence-corrected chi connectivity index (χ3v) is 3.91. The van der Waals surface area contributed by atoms with Gasteiger partial charge in [-0.1, -0.05) is 15.9 Å². The highest BCUT2D eigenvalue weighted by molar-refractivity contribution is 9.10. The highest BCUT2D eigenvalue weighted by Gasteiger charge is 2.09. The first-order valence-corrected chi connectivity index (χ1v) is 7.72. The summed E-state index contributed by atoms with van der Waals surface area (Å²) in [4.78, 5) is 0. The molecule has 0 aliphatic heterocycles. The molecule has 2 N–H and O–H groups in total.